The van der Waals surface area contributed by atoms with E-state index in [1.165, 1.54) is 0 Å². The molecule has 0 saturated heterocycles. The zero-order valence-corrected chi connectivity index (χ0v) is 6.90. The molecule has 0 aliphatic carbocycles. The molecule has 0 unspecified atom stereocenters. The molecule has 0 saturated carbocycles. The first-order valence-electron chi connectivity index (χ1n) is 3.98. The van der Waals surface area contributed by atoms with E-state index in [0.29, 0.717) is 10.7 Å². The molecule has 0 atom stereocenters. The van der Waals surface area contributed by atoms with E-state index in [1.54, 1.807) is 24.3 Å². The number of halogens is 1. The highest BCUT2D eigenvalue weighted by Gasteiger charge is 2.31. The molecule has 67 valence electrons. The van der Waals surface area contributed by atoms with Crippen molar-refractivity contribution >= 4 is 0 Å². The summed E-state index contributed by atoms with van der Waals surface area (Å²) in [5, 5.41) is 11.9. The van der Waals surface area contributed by atoms with Crippen LogP contribution in [0.15, 0.2) is 34.3 Å². The lowest BCUT2D eigenvalue weighted by molar-refractivity contribution is 0.110. The summed E-state index contributed by atoms with van der Waals surface area (Å²) in [6.07, 6.45) is 0. The first kappa shape index (κ1) is 8.31. The second-order valence-corrected chi connectivity index (χ2v) is 2.97. The number of benzene rings is 1. The van der Waals surface area contributed by atoms with Gasteiger partial charge in [0.25, 0.3) is 0 Å². The molecule has 0 aromatic heterocycles. The summed E-state index contributed by atoms with van der Waals surface area (Å²) >= 11 is 0. The molecule has 1 aliphatic rings. The summed E-state index contributed by atoms with van der Waals surface area (Å²) < 4.78 is 12.5. The molecule has 1 aromatic rings. The third kappa shape index (κ3) is 1.23. The van der Waals surface area contributed by atoms with Crippen LogP contribution in [-0.2, 0) is 5.11 Å². The van der Waals surface area contributed by atoms with Crippen molar-refractivity contribution in [2.75, 3.05) is 13.3 Å². The minimum Gasteiger partial charge on any atom is -0.248 e. The SMILES string of the molecule is [O]CC1(CF)N=c2ccccc2=N1. The number of para-hydroxylation sites is 2. The number of fused-ring (bicyclic) bond motifs is 1. The molecular formula is C9H8FN2O. The molecule has 1 aliphatic heterocycles. The highest BCUT2D eigenvalue weighted by atomic mass is 19.1. The number of hydrogen-bond acceptors (Lipinski definition) is 2. The van der Waals surface area contributed by atoms with Gasteiger partial charge in [-0.1, -0.05) is 12.1 Å². The van der Waals surface area contributed by atoms with E-state index in [0.717, 1.165) is 0 Å². The molecule has 13 heavy (non-hydrogen) atoms. The maximum absolute atomic E-state index is 12.5. The van der Waals surface area contributed by atoms with Gasteiger partial charge in [0.1, 0.15) is 13.3 Å². The quantitative estimate of drug-likeness (QED) is 0.615. The van der Waals surface area contributed by atoms with E-state index >= 15 is 0 Å². The lowest BCUT2D eigenvalue weighted by atomic mass is 10.2. The van der Waals surface area contributed by atoms with Crippen molar-refractivity contribution in [1.29, 1.82) is 0 Å². The summed E-state index contributed by atoms with van der Waals surface area (Å²) in [5.74, 6) is 0. The Kier molecular flexibility index (Phi) is 1.84. The molecule has 0 bridgehead atoms. The maximum atomic E-state index is 12.5. The normalized spacial score (nSPS) is 17.4. The highest BCUT2D eigenvalue weighted by molar-refractivity contribution is 5.07. The molecule has 4 heteroatoms. The molecule has 1 aromatic carbocycles. The number of nitrogens with zero attached hydrogens (tertiary/aromatic N) is 2. The van der Waals surface area contributed by atoms with Gasteiger partial charge in [-0.2, -0.15) is 0 Å². The zero-order valence-electron chi connectivity index (χ0n) is 6.90. The van der Waals surface area contributed by atoms with Gasteiger partial charge in [-0.05, 0) is 12.1 Å². The fourth-order valence-corrected chi connectivity index (χ4v) is 1.29. The van der Waals surface area contributed by atoms with Crippen molar-refractivity contribution in [3.05, 3.63) is 35.0 Å². The van der Waals surface area contributed by atoms with E-state index in [9.17, 15) is 9.50 Å². The Balaban J connectivity index is 2.62. The van der Waals surface area contributed by atoms with Gasteiger partial charge in [0.05, 0.1) is 10.7 Å². The van der Waals surface area contributed by atoms with Gasteiger partial charge in [-0.25, -0.2) is 19.5 Å². The van der Waals surface area contributed by atoms with Crippen LogP contribution in [0.4, 0.5) is 4.39 Å². The predicted octanol–water partition coefficient (Wildman–Crippen LogP) is 0.0357. The van der Waals surface area contributed by atoms with Crippen LogP contribution in [0.25, 0.3) is 0 Å². The van der Waals surface area contributed by atoms with Crippen molar-refractivity contribution in [3.8, 4) is 0 Å². The molecular weight excluding hydrogens is 171 g/mol. The fraction of sp³-hybridized carbons (Fsp3) is 0.333. The van der Waals surface area contributed by atoms with Gasteiger partial charge in [0.15, 0.2) is 0 Å². The van der Waals surface area contributed by atoms with Gasteiger partial charge in [-0.15, -0.1) is 0 Å². The van der Waals surface area contributed by atoms with Crippen molar-refractivity contribution in [1.82, 2.24) is 0 Å². The number of hydrogen-bond donors (Lipinski definition) is 0. The van der Waals surface area contributed by atoms with Crippen LogP contribution in [-0.4, -0.2) is 18.9 Å². The highest BCUT2D eigenvalue weighted by Crippen LogP contribution is 2.13. The van der Waals surface area contributed by atoms with Crippen LogP contribution >= 0.6 is 0 Å². The van der Waals surface area contributed by atoms with Crippen molar-refractivity contribution in [2.24, 2.45) is 9.98 Å². The molecule has 0 amide bonds. The minimum absolute atomic E-state index is 0.607. The molecule has 1 radical (unpaired) electrons. The molecule has 2 rings (SSSR count). The third-order valence-electron chi connectivity index (χ3n) is 1.98. The van der Waals surface area contributed by atoms with Crippen molar-refractivity contribution < 1.29 is 9.50 Å². The van der Waals surface area contributed by atoms with Gasteiger partial charge in [-0.3, -0.25) is 0 Å². The first-order valence-corrected chi connectivity index (χ1v) is 3.98. The zero-order chi connectivity index (χ0) is 9.31. The maximum Gasteiger partial charge on any atom is 0.205 e. The number of rotatable bonds is 2. The van der Waals surface area contributed by atoms with Crippen LogP contribution in [0.5, 0.6) is 0 Å². The van der Waals surface area contributed by atoms with Crippen LogP contribution in [0.3, 0.4) is 0 Å². The Hall–Kier alpha value is -1.29. The average Bonchev–Trinajstić information content (AvgIpc) is 2.57. The van der Waals surface area contributed by atoms with Crippen LogP contribution in [0, 0.1) is 0 Å². The van der Waals surface area contributed by atoms with E-state index in [2.05, 4.69) is 9.98 Å². The topological polar surface area (TPSA) is 44.6 Å². The second-order valence-electron chi connectivity index (χ2n) is 2.97. The van der Waals surface area contributed by atoms with Crippen LogP contribution < -0.4 is 10.7 Å². The van der Waals surface area contributed by atoms with Crippen molar-refractivity contribution in [2.45, 2.75) is 5.66 Å². The summed E-state index contributed by atoms with van der Waals surface area (Å²) in [6, 6.07) is 7.03. The first-order chi connectivity index (χ1) is 6.29. The molecule has 1 heterocycles. The van der Waals surface area contributed by atoms with E-state index in [1.807, 2.05) is 0 Å². The van der Waals surface area contributed by atoms with Crippen molar-refractivity contribution in [3.63, 3.8) is 0 Å². The average molecular weight is 179 g/mol. The second kappa shape index (κ2) is 2.88. The summed E-state index contributed by atoms with van der Waals surface area (Å²) in [5.41, 5.74) is -1.39. The third-order valence-corrected chi connectivity index (χ3v) is 1.98. The Bertz CT molecular complexity index is 388. The standard InChI is InChI=1S/C9H8FN2O/c10-5-9(6-13)11-7-3-1-2-4-8(7)12-9/h1-4H,5-6H2. The smallest absolute Gasteiger partial charge is 0.205 e. The largest absolute Gasteiger partial charge is 0.248 e. The van der Waals surface area contributed by atoms with E-state index in [4.69, 9.17) is 0 Å². The minimum atomic E-state index is -1.39. The van der Waals surface area contributed by atoms with E-state index in [-0.39, 0.29) is 0 Å². The predicted molar refractivity (Wildman–Crippen MR) is 43.0 cm³/mol. The fourth-order valence-electron chi connectivity index (χ4n) is 1.29. The Morgan fingerprint density at radius 2 is 1.77 bits per heavy atom. The summed E-state index contributed by atoms with van der Waals surface area (Å²) in [7, 11) is 0. The lowest BCUT2D eigenvalue weighted by Gasteiger charge is -2.13. The van der Waals surface area contributed by atoms with Crippen LogP contribution in [0.1, 0.15) is 0 Å². The molecule has 0 fully saturated rings. The Morgan fingerprint density at radius 3 is 2.15 bits per heavy atom. The van der Waals surface area contributed by atoms with E-state index < -0.39 is 18.9 Å². The molecule has 0 N–H and O–H groups in total. The Morgan fingerprint density at radius 1 is 1.23 bits per heavy atom. The lowest BCUT2D eigenvalue weighted by Crippen LogP contribution is -2.29. The summed E-state index contributed by atoms with van der Waals surface area (Å²) in [4.78, 5) is 7.93. The number of alkyl halides is 1. The summed E-state index contributed by atoms with van der Waals surface area (Å²) in [6.45, 7) is -1.47. The van der Waals surface area contributed by atoms with Gasteiger partial charge < -0.3 is 0 Å². The van der Waals surface area contributed by atoms with Gasteiger partial charge >= 0.3 is 0 Å². The van der Waals surface area contributed by atoms with Gasteiger partial charge in [0.2, 0.25) is 5.66 Å². The van der Waals surface area contributed by atoms with Crippen LogP contribution in [0.2, 0.25) is 0 Å². The van der Waals surface area contributed by atoms with Gasteiger partial charge in [0, 0.05) is 0 Å². The molecule has 3 nitrogen and oxygen atoms in total. The molecule has 0 spiro atoms. The Labute approximate surface area is 74.3 Å². The monoisotopic (exact) mass is 179 g/mol.